The SMILES string of the molecule is Cc1ccc(C(=O)NC(CCl)CC(C)C)c(C)n1. The van der Waals surface area contributed by atoms with Crippen LogP contribution in [0.2, 0.25) is 0 Å². The number of aromatic nitrogens is 1. The van der Waals surface area contributed by atoms with E-state index in [-0.39, 0.29) is 11.9 Å². The molecule has 1 heterocycles. The summed E-state index contributed by atoms with van der Waals surface area (Å²) in [5.74, 6) is 0.847. The number of carbonyl (C=O) groups is 1. The Bertz CT molecular complexity index is 418. The highest BCUT2D eigenvalue weighted by molar-refractivity contribution is 6.18. The number of halogens is 1. The van der Waals surface area contributed by atoms with Gasteiger partial charge in [0.15, 0.2) is 0 Å². The van der Waals surface area contributed by atoms with Gasteiger partial charge in [0.1, 0.15) is 0 Å². The number of nitrogens with one attached hydrogen (secondary N) is 1. The molecular weight excluding hydrogens is 248 g/mol. The molecule has 0 radical (unpaired) electrons. The number of carbonyl (C=O) groups excluding carboxylic acids is 1. The minimum absolute atomic E-state index is 0.0138. The van der Waals surface area contributed by atoms with Crippen molar-refractivity contribution < 1.29 is 4.79 Å². The number of alkyl halides is 1. The largest absolute Gasteiger partial charge is 0.348 e. The fourth-order valence-electron chi connectivity index (χ4n) is 1.92. The van der Waals surface area contributed by atoms with E-state index in [1.807, 2.05) is 26.0 Å². The minimum Gasteiger partial charge on any atom is -0.348 e. The van der Waals surface area contributed by atoms with Crippen molar-refractivity contribution in [3.05, 3.63) is 29.1 Å². The van der Waals surface area contributed by atoms with Crippen molar-refractivity contribution >= 4 is 17.5 Å². The number of rotatable bonds is 5. The highest BCUT2D eigenvalue weighted by Gasteiger charge is 2.16. The molecule has 0 aromatic carbocycles. The van der Waals surface area contributed by atoms with Gasteiger partial charge in [0, 0.05) is 17.6 Å². The Balaban J connectivity index is 2.74. The number of amides is 1. The van der Waals surface area contributed by atoms with Crippen LogP contribution in [0.25, 0.3) is 0 Å². The molecule has 0 bridgehead atoms. The van der Waals surface area contributed by atoms with Crippen LogP contribution in [0, 0.1) is 19.8 Å². The van der Waals surface area contributed by atoms with Gasteiger partial charge in [-0.1, -0.05) is 13.8 Å². The van der Waals surface area contributed by atoms with Crippen molar-refractivity contribution in [1.29, 1.82) is 0 Å². The quantitative estimate of drug-likeness (QED) is 0.834. The van der Waals surface area contributed by atoms with E-state index in [4.69, 9.17) is 11.6 Å². The van der Waals surface area contributed by atoms with Crippen molar-refractivity contribution in [3.8, 4) is 0 Å². The first-order valence-electron chi connectivity index (χ1n) is 6.25. The molecule has 1 unspecified atom stereocenters. The summed E-state index contributed by atoms with van der Waals surface area (Å²) in [6.07, 6.45) is 0.883. The van der Waals surface area contributed by atoms with Crippen LogP contribution in [0.3, 0.4) is 0 Å². The van der Waals surface area contributed by atoms with Crippen LogP contribution < -0.4 is 5.32 Å². The van der Waals surface area contributed by atoms with Crippen LogP contribution >= 0.6 is 11.6 Å². The Labute approximate surface area is 114 Å². The molecule has 100 valence electrons. The molecule has 0 aliphatic rings. The molecule has 1 aromatic rings. The van der Waals surface area contributed by atoms with Crippen LogP contribution in [0.15, 0.2) is 12.1 Å². The van der Waals surface area contributed by atoms with E-state index < -0.39 is 0 Å². The maximum absolute atomic E-state index is 12.1. The first kappa shape index (κ1) is 15.0. The van der Waals surface area contributed by atoms with E-state index in [1.165, 1.54) is 0 Å². The van der Waals surface area contributed by atoms with Gasteiger partial charge in [-0.15, -0.1) is 11.6 Å². The molecule has 1 atom stereocenters. The summed E-state index contributed by atoms with van der Waals surface area (Å²) in [4.78, 5) is 16.4. The lowest BCUT2D eigenvalue weighted by atomic mass is 10.0. The van der Waals surface area contributed by atoms with Gasteiger partial charge in [-0.3, -0.25) is 9.78 Å². The van der Waals surface area contributed by atoms with Crippen LogP contribution in [0.1, 0.15) is 42.0 Å². The maximum Gasteiger partial charge on any atom is 0.253 e. The Morgan fingerprint density at radius 3 is 2.56 bits per heavy atom. The summed E-state index contributed by atoms with van der Waals surface area (Å²) in [6.45, 7) is 7.99. The van der Waals surface area contributed by atoms with Gasteiger partial charge >= 0.3 is 0 Å². The topological polar surface area (TPSA) is 42.0 Å². The molecule has 4 heteroatoms. The molecule has 1 aromatic heterocycles. The summed E-state index contributed by atoms with van der Waals surface area (Å²) in [7, 11) is 0. The second-order valence-corrected chi connectivity index (χ2v) is 5.35. The molecule has 1 rings (SSSR count). The molecule has 1 amide bonds. The Hall–Kier alpha value is -1.09. The lowest BCUT2D eigenvalue weighted by Crippen LogP contribution is -2.37. The number of pyridine rings is 1. The highest BCUT2D eigenvalue weighted by atomic mass is 35.5. The van der Waals surface area contributed by atoms with Crippen molar-refractivity contribution in [2.45, 2.75) is 40.2 Å². The molecule has 0 spiro atoms. The van der Waals surface area contributed by atoms with Crippen LogP contribution in [0.5, 0.6) is 0 Å². The van der Waals surface area contributed by atoms with E-state index in [9.17, 15) is 4.79 Å². The van der Waals surface area contributed by atoms with Gasteiger partial charge in [0.25, 0.3) is 5.91 Å². The third-order valence-corrected chi connectivity index (χ3v) is 3.12. The monoisotopic (exact) mass is 268 g/mol. The Kier molecular flexibility index (Phi) is 5.60. The standard InChI is InChI=1S/C14H21ClN2O/c1-9(2)7-12(8-15)17-14(18)13-6-5-10(3)16-11(13)4/h5-6,9,12H,7-8H2,1-4H3,(H,17,18). The smallest absolute Gasteiger partial charge is 0.253 e. The number of hydrogen-bond donors (Lipinski definition) is 1. The fraction of sp³-hybridized carbons (Fsp3) is 0.571. The van der Waals surface area contributed by atoms with Crippen molar-refractivity contribution in [2.75, 3.05) is 5.88 Å². The lowest BCUT2D eigenvalue weighted by Gasteiger charge is -2.18. The van der Waals surface area contributed by atoms with Gasteiger partial charge < -0.3 is 5.32 Å². The first-order valence-corrected chi connectivity index (χ1v) is 6.78. The predicted octanol–water partition coefficient (Wildman–Crippen LogP) is 3.08. The third-order valence-electron chi connectivity index (χ3n) is 2.75. The molecule has 0 saturated carbocycles. The van der Waals surface area contributed by atoms with Crippen molar-refractivity contribution in [1.82, 2.24) is 10.3 Å². The average Bonchev–Trinajstić information content (AvgIpc) is 2.27. The van der Waals surface area contributed by atoms with Gasteiger partial charge in [-0.25, -0.2) is 0 Å². The third kappa shape index (κ3) is 4.30. The average molecular weight is 269 g/mol. The van der Waals surface area contributed by atoms with Crippen molar-refractivity contribution in [2.24, 2.45) is 5.92 Å². The highest BCUT2D eigenvalue weighted by Crippen LogP contribution is 2.10. The van der Waals surface area contributed by atoms with Crippen LogP contribution in [-0.2, 0) is 0 Å². The van der Waals surface area contributed by atoms with Gasteiger partial charge in [-0.2, -0.15) is 0 Å². The van der Waals surface area contributed by atoms with Crippen LogP contribution in [-0.4, -0.2) is 22.8 Å². The Morgan fingerprint density at radius 1 is 1.39 bits per heavy atom. The molecule has 18 heavy (non-hydrogen) atoms. The van der Waals surface area contributed by atoms with Gasteiger partial charge in [0.05, 0.1) is 11.3 Å². The normalized spacial score (nSPS) is 12.6. The second-order valence-electron chi connectivity index (χ2n) is 5.04. The zero-order valence-corrected chi connectivity index (χ0v) is 12.2. The zero-order valence-electron chi connectivity index (χ0n) is 11.5. The van der Waals surface area contributed by atoms with Crippen molar-refractivity contribution in [3.63, 3.8) is 0 Å². The lowest BCUT2D eigenvalue weighted by molar-refractivity contribution is 0.0935. The van der Waals surface area contributed by atoms with E-state index in [0.29, 0.717) is 17.4 Å². The molecule has 0 aliphatic carbocycles. The summed E-state index contributed by atoms with van der Waals surface area (Å²) in [5, 5.41) is 2.96. The van der Waals surface area contributed by atoms with Gasteiger partial charge in [0.2, 0.25) is 0 Å². The molecule has 3 nitrogen and oxygen atoms in total. The minimum atomic E-state index is -0.0914. The van der Waals surface area contributed by atoms with E-state index in [0.717, 1.165) is 17.8 Å². The molecule has 0 aliphatic heterocycles. The summed E-state index contributed by atoms with van der Waals surface area (Å²) in [5.41, 5.74) is 2.30. The predicted molar refractivity (Wildman–Crippen MR) is 75.1 cm³/mol. The van der Waals surface area contributed by atoms with Crippen LogP contribution in [0.4, 0.5) is 0 Å². The number of hydrogen-bond acceptors (Lipinski definition) is 2. The Morgan fingerprint density at radius 2 is 2.06 bits per heavy atom. The fourth-order valence-corrected chi connectivity index (χ4v) is 2.12. The van der Waals surface area contributed by atoms with E-state index in [1.54, 1.807) is 0 Å². The molecule has 0 fully saturated rings. The van der Waals surface area contributed by atoms with E-state index >= 15 is 0 Å². The van der Waals surface area contributed by atoms with E-state index in [2.05, 4.69) is 24.1 Å². The summed E-state index contributed by atoms with van der Waals surface area (Å²) >= 11 is 5.88. The second kappa shape index (κ2) is 6.74. The first-order chi connectivity index (χ1) is 8.43. The maximum atomic E-state index is 12.1. The number of nitrogens with zero attached hydrogens (tertiary/aromatic N) is 1. The summed E-state index contributed by atoms with van der Waals surface area (Å²) in [6, 6.07) is 3.67. The number of aryl methyl sites for hydroxylation is 2. The van der Waals surface area contributed by atoms with Gasteiger partial charge in [-0.05, 0) is 38.3 Å². The molecular formula is C14H21ClN2O. The molecule has 1 N–H and O–H groups in total. The zero-order chi connectivity index (χ0) is 13.7. The molecule has 0 saturated heterocycles. The summed E-state index contributed by atoms with van der Waals surface area (Å²) < 4.78 is 0.